The molecule has 3 heterocycles. The molecular formula is C28H32O16. The molecule has 10 atom stereocenters. The minimum absolute atomic E-state index is 0.00106. The van der Waals surface area contributed by atoms with Crippen molar-refractivity contribution in [1.82, 2.24) is 0 Å². The van der Waals surface area contributed by atoms with Crippen LogP contribution in [0.1, 0.15) is 6.92 Å². The number of aromatic hydroxyl groups is 3. The molecule has 2 aliphatic rings. The molecule has 240 valence electrons. The summed E-state index contributed by atoms with van der Waals surface area (Å²) in [5, 5.41) is 92.3. The Hall–Kier alpha value is -3.71. The highest BCUT2D eigenvalue weighted by molar-refractivity contribution is 5.88. The van der Waals surface area contributed by atoms with E-state index in [-0.39, 0.29) is 28.0 Å². The summed E-state index contributed by atoms with van der Waals surface area (Å²) in [5.41, 5.74) is -1.14. The van der Waals surface area contributed by atoms with Gasteiger partial charge in [0.2, 0.25) is 17.5 Å². The number of fused-ring (bicyclic) bond motifs is 1. The predicted molar refractivity (Wildman–Crippen MR) is 145 cm³/mol. The van der Waals surface area contributed by atoms with Gasteiger partial charge in [-0.3, -0.25) is 4.79 Å². The summed E-state index contributed by atoms with van der Waals surface area (Å²) in [6, 6.07) is 5.88. The van der Waals surface area contributed by atoms with Gasteiger partial charge in [-0.25, -0.2) is 0 Å². The quantitative estimate of drug-likeness (QED) is 0.137. The topological polar surface area (TPSA) is 258 Å². The molecule has 5 rings (SSSR count). The predicted octanol–water partition coefficient (Wildman–Crippen LogP) is -1.38. The Labute approximate surface area is 248 Å². The van der Waals surface area contributed by atoms with Crippen LogP contribution in [0, 0.1) is 0 Å². The van der Waals surface area contributed by atoms with Crippen LogP contribution < -0.4 is 14.9 Å². The number of rotatable bonds is 7. The highest BCUT2D eigenvalue weighted by Crippen LogP contribution is 2.40. The number of methoxy groups -OCH3 is 1. The molecule has 2 aliphatic heterocycles. The maximum absolute atomic E-state index is 13.9. The molecule has 9 N–H and O–H groups in total. The Kier molecular flexibility index (Phi) is 8.90. The minimum atomic E-state index is -1.90. The van der Waals surface area contributed by atoms with Crippen LogP contribution >= 0.6 is 0 Å². The summed E-state index contributed by atoms with van der Waals surface area (Å²) >= 11 is 0. The molecule has 2 fully saturated rings. The highest BCUT2D eigenvalue weighted by Gasteiger charge is 2.51. The zero-order valence-corrected chi connectivity index (χ0v) is 23.3. The largest absolute Gasteiger partial charge is 0.507 e. The standard InChI is InChI=1S/C28H32O16/c1-9-18(33)21(36)23(38)27(40-9)44-26-22(37)19(34)16(8-29)42-28(26)43-25-20(35)17-14(32)6-11(39-2)7-15(17)41-24(25)10-3-4-12(30)13(31)5-10/h3-7,9,16,18-19,21-23,26-34,36-38H,8H2,1-2H3/t9-,16-,18+,19+,21+,22+,23-,26+,27+,28+/m1/s1. The first-order valence-electron chi connectivity index (χ1n) is 13.4. The summed E-state index contributed by atoms with van der Waals surface area (Å²) in [4.78, 5) is 13.9. The van der Waals surface area contributed by atoms with Crippen molar-refractivity contribution in [3.63, 3.8) is 0 Å². The van der Waals surface area contributed by atoms with Gasteiger partial charge >= 0.3 is 0 Å². The van der Waals surface area contributed by atoms with E-state index in [1.54, 1.807) is 0 Å². The van der Waals surface area contributed by atoms with Crippen LogP contribution in [0.4, 0.5) is 0 Å². The van der Waals surface area contributed by atoms with Gasteiger partial charge in [0, 0.05) is 17.7 Å². The van der Waals surface area contributed by atoms with Crippen LogP contribution in [0.5, 0.6) is 28.7 Å². The summed E-state index contributed by atoms with van der Waals surface area (Å²) < 4.78 is 33.7. The Morgan fingerprint density at radius 2 is 1.55 bits per heavy atom. The fourth-order valence-corrected chi connectivity index (χ4v) is 5.03. The molecule has 2 saturated heterocycles. The third kappa shape index (κ3) is 5.63. The minimum Gasteiger partial charge on any atom is -0.507 e. The lowest BCUT2D eigenvalue weighted by molar-refractivity contribution is -0.354. The zero-order valence-electron chi connectivity index (χ0n) is 23.3. The fourth-order valence-electron chi connectivity index (χ4n) is 5.03. The van der Waals surface area contributed by atoms with Crippen LogP contribution in [0.25, 0.3) is 22.3 Å². The van der Waals surface area contributed by atoms with Gasteiger partial charge in [-0.1, -0.05) is 0 Å². The maximum atomic E-state index is 13.9. The first-order valence-corrected chi connectivity index (χ1v) is 13.4. The lowest BCUT2D eigenvalue weighted by atomic mass is 9.97. The Balaban J connectivity index is 1.63. The van der Waals surface area contributed by atoms with E-state index in [2.05, 4.69) is 0 Å². The van der Waals surface area contributed by atoms with Gasteiger partial charge in [-0.05, 0) is 25.1 Å². The van der Waals surface area contributed by atoms with Crippen molar-refractivity contribution in [1.29, 1.82) is 0 Å². The first kappa shape index (κ1) is 31.7. The molecule has 1 aromatic heterocycles. The molecule has 0 unspecified atom stereocenters. The summed E-state index contributed by atoms with van der Waals surface area (Å²) in [6.07, 6.45) is -16.5. The number of hydrogen-bond acceptors (Lipinski definition) is 16. The summed E-state index contributed by atoms with van der Waals surface area (Å²) in [7, 11) is 1.32. The molecule has 16 nitrogen and oxygen atoms in total. The normalized spacial score (nSPS) is 32.5. The molecule has 2 aromatic carbocycles. The van der Waals surface area contributed by atoms with E-state index in [0.29, 0.717) is 0 Å². The van der Waals surface area contributed by atoms with E-state index in [4.69, 9.17) is 28.1 Å². The van der Waals surface area contributed by atoms with E-state index in [9.17, 15) is 50.8 Å². The van der Waals surface area contributed by atoms with Gasteiger partial charge in [0.1, 0.15) is 59.1 Å². The van der Waals surface area contributed by atoms with Crippen molar-refractivity contribution in [3.8, 4) is 40.1 Å². The molecule has 44 heavy (non-hydrogen) atoms. The molecule has 0 aliphatic carbocycles. The van der Waals surface area contributed by atoms with Crippen LogP contribution in [0.15, 0.2) is 39.5 Å². The van der Waals surface area contributed by atoms with E-state index in [1.807, 2.05) is 0 Å². The lowest BCUT2D eigenvalue weighted by Gasteiger charge is -2.45. The molecule has 3 aromatic rings. The van der Waals surface area contributed by atoms with Crippen molar-refractivity contribution >= 4 is 11.0 Å². The molecule has 0 saturated carbocycles. The van der Waals surface area contributed by atoms with Crippen LogP contribution in [0.3, 0.4) is 0 Å². The molecule has 0 bridgehead atoms. The highest BCUT2D eigenvalue weighted by atomic mass is 16.8. The Morgan fingerprint density at radius 3 is 2.20 bits per heavy atom. The van der Waals surface area contributed by atoms with Crippen molar-refractivity contribution < 1.29 is 74.1 Å². The summed E-state index contributed by atoms with van der Waals surface area (Å²) in [6.45, 7) is 0.566. The SMILES string of the molecule is COc1cc(O)c2c(=O)c(O[C@@H]3O[C@H](CO)[C@H](O)[C@H](O)[C@@H]3O[C@@H]3O[C@H](C)[C@H](O)[C@H](O)[C@H]3O)c(-c3ccc(O)c(O)c3)oc2c1. The maximum Gasteiger partial charge on any atom is 0.239 e. The van der Waals surface area contributed by atoms with Crippen LogP contribution in [-0.2, 0) is 14.2 Å². The monoisotopic (exact) mass is 624 g/mol. The van der Waals surface area contributed by atoms with Crippen molar-refractivity contribution in [2.24, 2.45) is 0 Å². The number of ether oxygens (including phenoxy) is 5. The number of aliphatic hydroxyl groups is 6. The molecule has 0 amide bonds. The van der Waals surface area contributed by atoms with Gasteiger partial charge in [-0.2, -0.15) is 0 Å². The number of benzene rings is 2. The molecular weight excluding hydrogens is 592 g/mol. The average Bonchev–Trinajstić information content (AvgIpc) is 3.00. The second kappa shape index (κ2) is 12.4. The van der Waals surface area contributed by atoms with E-state index < -0.39 is 96.4 Å². The number of phenolic OH excluding ortho intramolecular Hbond substituents is 3. The molecule has 0 radical (unpaired) electrons. The van der Waals surface area contributed by atoms with Crippen molar-refractivity contribution in [2.45, 2.75) is 68.3 Å². The second-order valence-corrected chi connectivity index (χ2v) is 10.4. The van der Waals surface area contributed by atoms with E-state index in [1.165, 1.54) is 26.2 Å². The third-order valence-electron chi connectivity index (χ3n) is 7.54. The number of hydrogen-bond donors (Lipinski definition) is 9. The molecule has 0 spiro atoms. The Morgan fingerprint density at radius 1 is 0.818 bits per heavy atom. The number of aliphatic hydroxyl groups excluding tert-OH is 6. The smallest absolute Gasteiger partial charge is 0.239 e. The van der Waals surface area contributed by atoms with Crippen LogP contribution in [0.2, 0.25) is 0 Å². The van der Waals surface area contributed by atoms with Crippen molar-refractivity contribution in [3.05, 3.63) is 40.6 Å². The summed E-state index contributed by atoms with van der Waals surface area (Å²) in [5.74, 6) is -2.51. The third-order valence-corrected chi connectivity index (χ3v) is 7.54. The van der Waals surface area contributed by atoms with Gasteiger partial charge in [0.25, 0.3) is 0 Å². The van der Waals surface area contributed by atoms with Gasteiger partial charge < -0.3 is 74.1 Å². The second-order valence-electron chi connectivity index (χ2n) is 10.4. The van der Waals surface area contributed by atoms with E-state index >= 15 is 0 Å². The van der Waals surface area contributed by atoms with Gasteiger partial charge in [0.15, 0.2) is 29.7 Å². The van der Waals surface area contributed by atoms with Crippen LogP contribution in [-0.4, -0.2) is 121 Å². The lowest BCUT2D eigenvalue weighted by Crippen LogP contribution is -2.64. The fraction of sp³-hybridized carbons (Fsp3) is 0.464. The number of phenols is 3. The Bertz CT molecular complexity index is 1560. The van der Waals surface area contributed by atoms with E-state index in [0.717, 1.165) is 18.2 Å². The average molecular weight is 625 g/mol. The first-order chi connectivity index (χ1) is 20.9. The molecule has 16 heteroatoms. The zero-order chi connectivity index (χ0) is 32.0. The van der Waals surface area contributed by atoms with Gasteiger partial charge in [0.05, 0.1) is 19.8 Å². The van der Waals surface area contributed by atoms with Crippen molar-refractivity contribution in [2.75, 3.05) is 13.7 Å². The van der Waals surface area contributed by atoms with Gasteiger partial charge in [-0.15, -0.1) is 0 Å².